The van der Waals surface area contributed by atoms with Gasteiger partial charge in [0.15, 0.2) is 0 Å². The molecule has 0 aromatic heterocycles. The van der Waals surface area contributed by atoms with E-state index < -0.39 is 12.0 Å². The first-order valence-corrected chi connectivity index (χ1v) is 10.2. The zero-order valence-electron chi connectivity index (χ0n) is 15.2. The van der Waals surface area contributed by atoms with Crippen LogP contribution in [0.1, 0.15) is 10.9 Å². The summed E-state index contributed by atoms with van der Waals surface area (Å²) in [7, 11) is 0. The summed E-state index contributed by atoms with van der Waals surface area (Å²) in [5.74, 6) is 1.27. The Bertz CT molecular complexity index is 963. The highest BCUT2D eigenvalue weighted by Gasteiger charge is 2.32. The molecule has 4 rings (SSSR count). The van der Waals surface area contributed by atoms with Crippen LogP contribution in [0.25, 0.3) is 10.8 Å². The van der Waals surface area contributed by atoms with E-state index in [4.69, 9.17) is 9.47 Å². The minimum atomic E-state index is -0.825. The molecular formula is C22H21NO4S. The van der Waals surface area contributed by atoms with Crippen LogP contribution < -0.4 is 14.8 Å². The summed E-state index contributed by atoms with van der Waals surface area (Å²) in [4.78, 5) is 11.3. The Kier molecular flexibility index (Phi) is 5.69. The third-order valence-corrected chi connectivity index (χ3v) is 5.86. The molecule has 0 saturated carbocycles. The van der Waals surface area contributed by atoms with Gasteiger partial charge in [-0.3, -0.25) is 10.1 Å². The zero-order valence-corrected chi connectivity index (χ0v) is 16.0. The van der Waals surface area contributed by atoms with Gasteiger partial charge in [-0.15, -0.1) is 11.8 Å². The fourth-order valence-electron chi connectivity index (χ4n) is 3.28. The molecule has 6 heteroatoms. The zero-order chi connectivity index (χ0) is 19.3. The molecule has 2 unspecified atom stereocenters. The first-order valence-electron chi connectivity index (χ1n) is 9.15. The van der Waals surface area contributed by atoms with Crippen molar-refractivity contribution in [1.82, 2.24) is 5.32 Å². The van der Waals surface area contributed by atoms with Crippen LogP contribution in [-0.4, -0.2) is 36.1 Å². The standard InChI is InChI=1S/C22H21NO4S/c24-22(25)18-14-28-21(23-18)20-17-9-5-4-6-15(17)10-11-19(20)27-13-12-26-16-7-2-1-3-8-16/h1-11,18,21,23H,12-14H2,(H,24,25). The van der Waals surface area contributed by atoms with Crippen LogP contribution in [0.4, 0.5) is 0 Å². The summed E-state index contributed by atoms with van der Waals surface area (Å²) in [6.45, 7) is 0.833. The van der Waals surface area contributed by atoms with E-state index in [0.717, 1.165) is 27.8 Å². The number of rotatable bonds is 7. The fourth-order valence-corrected chi connectivity index (χ4v) is 4.57. The molecule has 1 aliphatic heterocycles. The highest BCUT2D eigenvalue weighted by molar-refractivity contribution is 7.99. The summed E-state index contributed by atoms with van der Waals surface area (Å²) in [5, 5.41) is 14.6. The largest absolute Gasteiger partial charge is 0.490 e. The summed E-state index contributed by atoms with van der Waals surface area (Å²) in [6, 6.07) is 21.1. The molecule has 3 aromatic carbocycles. The minimum Gasteiger partial charge on any atom is -0.490 e. The predicted octanol–water partition coefficient (Wildman–Crippen LogP) is 4.09. The number of thioether (sulfide) groups is 1. The Morgan fingerprint density at radius 1 is 1.00 bits per heavy atom. The average molecular weight is 395 g/mol. The second kappa shape index (κ2) is 8.54. The molecule has 2 N–H and O–H groups in total. The van der Waals surface area contributed by atoms with Crippen molar-refractivity contribution in [2.75, 3.05) is 19.0 Å². The summed E-state index contributed by atoms with van der Waals surface area (Å²) in [5.41, 5.74) is 0.992. The van der Waals surface area contributed by atoms with E-state index in [1.54, 1.807) is 11.8 Å². The smallest absolute Gasteiger partial charge is 0.321 e. The van der Waals surface area contributed by atoms with Gasteiger partial charge in [0.05, 0.1) is 5.37 Å². The van der Waals surface area contributed by atoms with Crippen LogP contribution >= 0.6 is 11.8 Å². The number of carbonyl (C=O) groups is 1. The van der Waals surface area contributed by atoms with E-state index in [-0.39, 0.29) is 5.37 Å². The Morgan fingerprint density at radius 3 is 2.54 bits per heavy atom. The van der Waals surface area contributed by atoms with Gasteiger partial charge in [0, 0.05) is 11.3 Å². The van der Waals surface area contributed by atoms with Crippen molar-refractivity contribution >= 4 is 28.5 Å². The van der Waals surface area contributed by atoms with E-state index in [9.17, 15) is 9.90 Å². The van der Waals surface area contributed by atoms with Crippen LogP contribution in [-0.2, 0) is 4.79 Å². The number of carboxylic acids is 1. The van der Waals surface area contributed by atoms with Gasteiger partial charge in [-0.25, -0.2) is 0 Å². The van der Waals surface area contributed by atoms with Crippen molar-refractivity contribution in [2.24, 2.45) is 0 Å². The summed E-state index contributed by atoms with van der Waals surface area (Å²) in [6.07, 6.45) is 0. The first-order chi connectivity index (χ1) is 13.7. The van der Waals surface area contributed by atoms with Gasteiger partial charge in [0.1, 0.15) is 30.8 Å². The lowest BCUT2D eigenvalue weighted by atomic mass is 10.0. The maximum atomic E-state index is 11.3. The number of fused-ring (bicyclic) bond motifs is 1. The number of ether oxygens (including phenoxy) is 2. The Labute approximate surface area is 167 Å². The quantitative estimate of drug-likeness (QED) is 0.588. The number of aliphatic carboxylic acids is 1. The van der Waals surface area contributed by atoms with E-state index >= 15 is 0 Å². The molecule has 5 nitrogen and oxygen atoms in total. The van der Waals surface area contributed by atoms with Gasteiger partial charge < -0.3 is 14.6 Å². The van der Waals surface area contributed by atoms with Gasteiger partial charge in [-0.05, 0) is 29.0 Å². The maximum absolute atomic E-state index is 11.3. The molecule has 0 amide bonds. The highest BCUT2D eigenvalue weighted by atomic mass is 32.2. The number of carboxylic acid groups (broad SMARTS) is 1. The molecule has 0 bridgehead atoms. The lowest BCUT2D eigenvalue weighted by Gasteiger charge is -2.19. The highest BCUT2D eigenvalue weighted by Crippen LogP contribution is 2.41. The number of benzene rings is 3. The topological polar surface area (TPSA) is 67.8 Å². The van der Waals surface area contributed by atoms with E-state index in [0.29, 0.717) is 19.0 Å². The Hall–Kier alpha value is -2.70. The molecule has 2 atom stereocenters. The minimum absolute atomic E-state index is 0.128. The van der Waals surface area contributed by atoms with Crippen molar-refractivity contribution in [2.45, 2.75) is 11.4 Å². The van der Waals surface area contributed by atoms with E-state index in [2.05, 4.69) is 11.4 Å². The Morgan fingerprint density at radius 2 is 1.75 bits per heavy atom. The number of hydrogen-bond donors (Lipinski definition) is 2. The van der Waals surface area contributed by atoms with Crippen LogP contribution in [0.5, 0.6) is 11.5 Å². The average Bonchev–Trinajstić information content (AvgIpc) is 3.22. The molecule has 1 aliphatic rings. The maximum Gasteiger partial charge on any atom is 0.321 e. The van der Waals surface area contributed by atoms with Crippen molar-refractivity contribution in [3.05, 3.63) is 72.3 Å². The summed E-state index contributed by atoms with van der Waals surface area (Å²) >= 11 is 1.59. The SMILES string of the molecule is O=C(O)C1CSC(c2c(OCCOc3ccccc3)ccc3ccccc23)N1. The van der Waals surface area contributed by atoms with Gasteiger partial charge in [-0.1, -0.05) is 48.5 Å². The molecule has 144 valence electrons. The van der Waals surface area contributed by atoms with E-state index in [1.165, 1.54) is 0 Å². The van der Waals surface area contributed by atoms with Gasteiger partial charge >= 0.3 is 5.97 Å². The van der Waals surface area contributed by atoms with Gasteiger partial charge in [-0.2, -0.15) is 0 Å². The number of hydrogen-bond acceptors (Lipinski definition) is 5. The molecule has 0 aliphatic carbocycles. The Balaban J connectivity index is 1.53. The number of nitrogens with one attached hydrogen (secondary N) is 1. The van der Waals surface area contributed by atoms with Crippen molar-refractivity contribution in [3.8, 4) is 11.5 Å². The molecule has 1 heterocycles. The van der Waals surface area contributed by atoms with Gasteiger partial charge in [0.2, 0.25) is 0 Å². The van der Waals surface area contributed by atoms with Crippen LogP contribution in [0.15, 0.2) is 66.7 Å². The van der Waals surface area contributed by atoms with Crippen molar-refractivity contribution in [3.63, 3.8) is 0 Å². The molecule has 3 aromatic rings. The first kappa shape index (κ1) is 18.7. The molecule has 0 spiro atoms. The number of para-hydroxylation sites is 1. The van der Waals surface area contributed by atoms with Crippen molar-refractivity contribution in [1.29, 1.82) is 0 Å². The normalized spacial score (nSPS) is 18.9. The molecule has 1 fully saturated rings. The van der Waals surface area contributed by atoms with Crippen LogP contribution in [0.2, 0.25) is 0 Å². The monoisotopic (exact) mass is 395 g/mol. The van der Waals surface area contributed by atoms with Crippen molar-refractivity contribution < 1.29 is 19.4 Å². The van der Waals surface area contributed by atoms with Gasteiger partial charge in [0.25, 0.3) is 0 Å². The lowest BCUT2D eigenvalue weighted by Crippen LogP contribution is -2.33. The predicted molar refractivity (Wildman–Crippen MR) is 111 cm³/mol. The second-order valence-corrected chi connectivity index (χ2v) is 7.62. The fraction of sp³-hybridized carbons (Fsp3) is 0.227. The van der Waals surface area contributed by atoms with Crippen LogP contribution in [0.3, 0.4) is 0 Å². The third-order valence-electron chi connectivity index (χ3n) is 4.63. The third kappa shape index (κ3) is 4.08. The van der Waals surface area contributed by atoms with Crippen LogP contribution in [0, 0.1) is 0 Å². The van der Waals surface area contributed by atoms with E-state index in [1.807, 2.05) is 60.7 Å². The lowest BCUT2D eigenvalue weighted by molar-refractivity contribution is -0.138. The molecule has 1 saturated heterocycles. The summed E-state index contributed by atoms with van der Waals surface area (Å²) < 4.78 is 11.8. The molecule has 0 radical (unpaired) electrons. The molecule has 28 heavy (non-hydrogen) atoms. The molecular weight excluding hydrogens is 374 g/mol. The second-order valence-electron chi connectivity index (χ2n) is 6.48.